The zero-order chi connectivity index (χ0) is 18.5. The third kappa shape index (κ3) is 2.76. The van der Waals surface area contributed by atoms with Gasteiger partial charge in [-0.2, -0.15) is 0 Å². The lowest BCUT2D eigenvalue weighted by molar-refractivity contribution is -0.136. The molecule has 4 heterocycles. The van der Waals surface area contributed by atoms with E-state index in [0.29, 0.717) is 19.0 Å². The SMILES string of the molecule is O=C1CCC(N2Cc3cccc(CN4C[C@@H]5CNCC[C@@H]54)c3C2=O)C(=O)N1. The molecule has 142 valence electrons. The van der Waals surface area contributed by atoms with Crippen molar-refractivity contribution in [2.45, 2.75) is 44.4 Å². The molecular formula is C20H24N4O3. The lowest BCUT2D eigenvalue weighted by atomic mass is 9.83. The first kappa shape index (κ1) is 16.9. The van der Waals surface area contributed by atoms with Gasteiger partial charge in [0, 0.05) is 44.2 Å². The number of fused-ring (bicyclic) bond motifs is 2. The van der Waals surface area contributed by atoms with Crippen LogP contribution in [0.25, 0.3) is 0 Å². The Labute approximate surface area is 158 Å². The Hall–Kier alpha value is -2.25. The van der Waals surface area contributed by atoms with Crippen LogP contribution in [0.1, 0.15) is 40.7 Å². The van der Waals surface area contributed by atoms with Crippen molar-refractivity contribution in [3.05, 3.63) is 34.9 Å². The highest BCUT2D eigenvalue weighted by Gasteiger charge is 2.42. The van der Waals surface area contributed by atoms with Gasteiger partial charge in [0.25, 0.3) is 5.91 Å². The van der Waals surface area contributed by atoms with E-state index in [0.717, 1.165) is 55.2 Å². The van der Waals surface area contributed by atoms with Crippen molar-refractivity contribution in [3.8, 4) is 0 Å². The Morgan fingerprint density at radius 1 is 1.15 bits per heavy atom. The molecule has 0 radical (unpaired) electrons. The first-order valence-corrected chi connectivity index (χ1v) is 9.82. The van der Waals surface area contributed by atoms with Gasteiger partial charge in [-0.15, -0.1) is 0 Å². The molecular weight excluding hydrogens is 344 g/mol. The van der Waals surface area contributed by atoms with Crippen molar-refractivity contribution in [2.24, 2.45) is 5.92 Å². The maximum Gasteiger partial charge on any atom is 0.255 e. The van der Waals surface area contributed by atoms with Crippen molar-refractivity contribution in [1.82, 2.24) is 20.4 Å². The van der Waals surface area contributed by atoms with Gasteiger partial charge in [-0.1, -0.05) is 18.2 Å². The second-order valence-electron chi connectivity index (χ2n) is 8.10. The van der Waals surface area contributed by atoms with Crippen molar-refractivity contribution in [3.63, 3.8) is 0 Å². The fourth-order valence-electron chi connectivity index (χ4n) is 5.10. The highest BCUT2D eigenvalue weighted by molar-refractivity contribution is 6.05. The van der Waals surface area contributed by atoms with E-state index in [1.807, 2.05) is 18.2 Å². The number of imide groups is 1. The Balaban J connectivity index is 1.35. The van der Waals surface area contributed by atoms with Crippen LogP contribution >= 0.6 is 0 Å². The van der Waals surface area contributed by atoms with E-state index in [1.165, 1.54) is 0 Å². The summed E-state index contributed by atoms with van der Waals surface area (Å²) in [6.45, 7) is 4.47. The summed E-state index contributed by atoms with van der Waals surface area (Å²) >= 11 is 0. The number of piperidine rings is 2. The van der Waals surface area contributed by atoms with E-state index >= 15 is 0 Å². The van der Waals surface area contributed by atoms with Gasteiger partial charge in [-0.05, 0) is 36.4 Å². The molecule has 3 atom stereocenters. The molecule has 1 unspecified atom stereocenters. The normalized spacial score (nSPS) is 30.6. The van der Waals surface area contributed by atoms with Gasteiger partial charge in [-0.25, -0.2) is 0 Å². The molecule has 0 aromatic heterocycles. The predicted octanol–water partition coefficient (Wildman–Crippen LogP) is 0.241. The second-order valence-corrected chi connectivity index (χ2v) is 8.10. The number of rotatable bonds is 3. The summed E-state index contributed by atoms with van der Waals surface area (Å²) in [7, 11) is 0. The van der Waals surface area contributed by atoms with Crippen LogP contribution in [-0.4, -0.2) is 59.2 Å². The number of hydrogen-bond donors (Lipinski definition) is 2. The molecule has 3 fully saturated rings. The van der Waals surface area contributed by atoms with Gasteiger partial charge >= 0.3 is 0 Å². The molecule has 0 aliphatic carbocycles. The standard InChI is InChI=1S/C20H24N4O3/c25-17-5-4-16(19(26)22-17)24-11-13-3-1-2-12(18(13)20(24)27)9-23-10-14-8-21-7-6-15(14)23/h1-3,14-16,21H,4-11H2,(H,22,25,26)/t14-,15-,16?/m0/s1. The minimum absolute atomic E-state index is 0.0718. The molecule has 4 aliphatic heterocycles. The quantitative estimate of drug-likeness (QED) is 0.747. The van der Waals surface area contributed by atoms with Crippen LogP contribution in [0.3, 0.4) is 0 Å². The van der Waals surface area contributed by atoms with Crippen LogP contribution in [0, 0.1) is 5.92 Å². The number of hydrogen-bond acceptors (Lipinski definition) is 5. The van der Waals surface area contributed by atoms with E-state index in [9.17, 15) is 14.4 Å². The molecule has 0 bridgehead atoms. The number of benzene rings is 1. The van der Waals surface area contributed by atoms with Gasteiger partial charge in [-0.3, -0.25) is 24.6 Å². The number of amides is 3. The van der Waals surface area contributed by atoms with Gasteiger partial charge in [0.15, 0.2) is 0 Å². The van der Waals surface area contributed by atoms with E-state index in [-0.39, 0.29) is 24.1 Å². The highest BCUT2D eigenvalue weighted by Crippen LogP contribution is 2.34. The lowest BCUT2D eigenvalue weighted by Gasteiger charge is -2.51. The van der Waals surface area contributed by atoms with Crippen LogP contribution in [0.5, 0.6) is 0 Å². The van der Waals surface area contributed by atoms with Gasteiger partial charge in [0.1, 0.15) is 6.04 Å². The second kappa shape index (κ2) is 6.42. The third-order valence-corrected chi connectivity index (χ3v) is 6.52. The first-order valence-electron chi connectivity index (χ1n) is 9.82. The van der Waals surface area contributed by atoms with Crippen molar-refractivity contribution in [2.75, 3.05) is 19.6 Å². The maximum absolute atomic E-state index is 13.1. The Bertz CT molecular complexity index is 823. The summed E-state index contributed by atoms with van der Waals surface area (Å²) in [5.41, 5.74) is 2.81. The van der Waals surface area contributed by atoms with Crippen LogP contribution < -0.4 is 10.6 Å². The lowest BCUT2D eigenvalue weighted by Crippen LogP contribution is -2.62. The minimum Gasteiger partial charge on any atom is -0.322 e. The zero-order valence-corrected chi connectivity index (χ0v) is 15.2. The fourth-order valence-corrected chi connectivity index (χ4v) is 5.10. The Kier molecular flexibility index (Phi) is 4.02. The predicted molar refractivity (Wildman–Crippen MR) is 97.7 cm³/mol. The van der Waals surface area contributed by atoms with Gasteiger partial charge in [0.05, 0.1) is 0 Å². The minimum atomic E-state index is -0.548. The molecule has 3 saturated heterocycles. The van der Waals surface area contributed by atoms with Crippen molar-refractivity contribution >= 4 is 17.7 Å². The Morgan fingerprint density at radius 2 is 2.04 bits per heavy atom. The van der Waals surface area contributed by atoms with Crippen molar-refractivity contribution < 1.29 is 14.4 Å². The van der Waals surface area contributed by atoms with E-state index in [2.05, 4.69) is 15.5 Å². The molecule has 7 heteroatoms. The number of nitrogens with one attached hydrogen (secondary N) is 2. The highest BCUT2D eigenvalue weighted by atomic mass is 16.2. The summed E-state index contributed by atoms with van der Waals surface area (Å²) in [4.78, 5) is 40.9. The van der Waals surface area contributed by atoms with E-state index in [1.54, 1.807) is 4.90 Å². The molecule has 1 aromatic carbocycles. The number of carbonyl (C=O) groups is 3. The van der Waals surface area contributed by atoms with Gasteiger partial charge in [0.2, 0.25) is 11.8 Å². The summed E-state index contributed by atoms with van der Waals surface area (Å²) in [5.74, 6) is 0.0494. The Morgan fingerprint density at radius 3 is 2.85 bits per heavy atom. The molecule has 3 amide bonds. The molecule has 27 heavy (non-hydrogen) atoms. The average molecular weight is 368 g/mol. The summed E-state index contributed by atoms with van der Waals surface area (Å²) in [6, 6.07) is 6.10. The van der Waals surface area contributed by atoms with E-state index < -0.39 is 6.04 Å². The van der Waals surface area contributed by atoms with Crippen LogP contribution in [0.4, 0.5) is 0 Å². The fraction of sp³-hybridized carbons (Fsp3) is 0.550. The molecule has 0 spiro atoms. The first-order chi connectivity index (χ1) is 13.1. The van der Waals surface area contributed by atoms with E-state index in [4.69, 9.17) is 0 Å². The molecule has 7 nitrogen and oxygen atoms in total. The summed E-state index contributed by atoms with van der Waals surface area (Å²) in [5, 5.41) is 5.81. The number of nitrogens with zero attached hydrogens (tertiary/aromatic N) is 2. The molecule has 5 rings (SSSR count). The van der Waals surface area contributed by atoms with Crippen molar-refractivity contribution in [1.29, 1.82) is 0 Å². The largest absolute Gasteiger partial charge is 0.322 e. The third-order valence-electron chi connectivity index (χ3n) is 6.52. The van der Waals surface area contributed by atoms with Crippen LogP contribution in [0.15, 0.2) is 18.2 Å². The monoisotopic (exact) mass is 368 g/mol. The summed E-state index contributed by atoms with van der Waals surface area (Å²) in [6.07, 6.45) is 1.85. The number of carbonyl (C=O) groups excluding carboxylic acids is 3. The van der Waals surface area contributed by atoms with Crippen LogP contribution in [-0.2, 0) is 22.7 Å². The van der Waals surface area contributed by atoms with Gasteiger partial charge < -0.3 is 10.2 Å². The molecule has 2 N–H and O–H groups in total. The average Bonchev–Trinajstić information content (AvgIpc) is 2.97. The molecule has 1 aromatic rings. The maximum atomic E-state index is 13.1. The van der Waals surface area contributed by atoms with Crippen LogP contribution in [0.2, 0.25) is 0 Å². The molecule has 4 aliphatic rings. The topological polar surface area (TPSA) is 81.8 Å². The summed E-state index contributed by atoms with van der Waals surface area (Å²) < 4.78 is 0. The zero-order valence-electron chi connectivity index (χ0n) is 15.2. The smallest absolute Gasteiger partial charge is 0.255 e. The molecule has 0 saturated carbocycles. The number of likely N-dealkylation sites (tertiary alicyclic amines) is 1.